The maximum atomic E-state index is 5.97. The average molecular weight is 251 g/mol. The standard InChI is InChI=1S/C14H19ClN2/c1-12(11-17-7-5-16-6-8-17)9-13-3-2-4-14(15)10-13/h2-4,10,16H,1,5-9,11H2. The Bertz CT molecular complexity index is 384. The van der Waals surface area contributed by atoms with Crippen molar-refractivity contribution in [2.45, 2.75) is 6.42 Å². The Labute approximate surface area is 108 Å². The summed E-state index contributed by atoms with van der Waals surface area (Å²) in [6, 6.07) is 8.03. The van der Waals surface area contributed by atoms with E-state index < -0.39 is 0 Å². The highest BCUT2D eigenvalue weighted by atomic mass is 35.5. The van der Waals surface area contributed by atoms with E-state index in [1.54, 1.807) is 0 Å². The first-order valence-electron chi connectivity index (χ1n) is 6.08. The predicted octanol–water partition coefficient (Wildman–Crippen LogP) is 2.34. The fraction of sp³-hybridized carbons (Fsp3) is 0.429. The van der Waals surface area contributed by atoms with Crippen molar-refractivity contribution in [3.05, 3.63) is 47.0 Å². The Morgan fingerprint density at radius 2 is 2.12 bits per heavy atom. The van der Waals surface area contributed by atoms with Gasteiger partial charge < -0.3 is 5.32 Å². The molecular formula is C14H19ClN2. The van der Waals surface area contributed by atoms with Crippen molar-refractivity contribution in [3.8, 4) is 0 Å². The summed E-state index contributed by atoms with van der Waals surface area (Å²) >= 11 is 5.97. The molecule has 0 saturated carbocycles. The average Bonchev–Trinajstić information content (AvgIpc) is 2.30. The zero-order valence-corrected chi connectivity index (χ0v) is 10.8. The van der Waals surface area contributed by atoms with E-state index in [1.807, 2.05) is 18.2 Å². The number of rotatable bonds is 4. The third kappa shape index (κ3) is 4.15. The van der Waals surface area contributed by atoms with Crippen LogP contribution >= 0.6 is 11.6 Å². The van der Waals surface area contributed by atoms with E-state index in [4.69, 9.17) is 11.6 Å². The second-order valence-corrected chi connectivity index (χ2v) is 5.02. The van der Waals surface area contributed by atoms with Crippen LogP contribution in [0, 0.1) is 0 Å². The summed E-state index contributed by atoms with van der Waals surface area (Å²) in [5, 5.41) is 4.16. The van der Waals surface area contributed by atoms with E-state index in [0.717, 1.165) is 44.2 Å². The Morgan fingerprint density at radius 3 is 2.82 bits per heavy atom. The van der Waals surface area contributed by atoms with Gasteiger partial charge >= 0.3 is 0 Å². The van der Waals surface area contributed by atoms with Crippen LogP contribution in [0.15, 0.2) is 36.4 Å². The summed E-state index contributed by atoms with van der Waals surface area (Å²) in [5.41, 5.74) is 2.51. The Hall–Kier alpha value is -0.830. The molecule has 1 aromatic carbocycles. The largest absolute Gasteiger partial charge is 0.314 e. The van der Waals surface area contributed by atoms with E-state index >= 15 is 0 Å². The molecule has 1 N–H and O–H groups in total. The first-order valence-corrected chi connectivity index (χ1v) is 6.46. The number of piperazine rings is 1. The minimum absolute atomic E-state index is 0.803. The van der Waals surface area contributed by atoms with Gasteiger partial charge in [0.1, 0.15) is 0 Å². The molecule has 0 aliphatic carbocycles. The quantitative estimate of drug-likeness (QED) is 0.826. The molecule has 2 nitrogen and oxygen atoms in total. The molecule has 0 aromatic heterocycles. The first-order chi connectivity index (χ1) is 8.24. The summed E-state index contributed by atoms with van der Waals surface area (Å²) in [7, 11) is 0. The molecule has 1 aliphatic rings. The van der Waals surface area contributed by atoms with Crippen molar-refractivity contribution < 1.29 is 0 Å². The molecule has 17 heavy (non-hydrogen) atoms. The topological polar surface area (TPSA) is 15.3 Å². The highest BCUT2D eigenvalue weighted by Gasteiger charge is 2.10. The van der Waals surface area contributed by atoms with E-state index in [9.17, 15) is 0 Å². The predicted molar refractivity (Wildman–Crippen MR) is 73.6 cm³/mol. The molecule has 2 rings (SSSR count). The van der Waals surface area contributed by atoms with Crippen LogP contribution in [-0.2, 0) is 6.42 Å². The lowest BCUT2D eigenvalue weighted by Gasteiger charge is -2.27. The maximum absolute atomic E-state index is 5.97. The number of halogens is 1. The van der Waals surface area contributed by atoms with Gasteiger partial charge in [-0.2, -0.15) is 0 Å². The van der Waals surface area contributed by atoms with Crippen molar-refractivity contribution in [3.63, 3.8) is 0 Å². The van der Waals surface area contributed by atoms with Crippen molar-refractivity contribution >= 4 is 11.6 Å². The molecule has 92 valence electrons. The highest BCUT2D eigenvalue weighted by molar-refractivity contribution is 6.30. The van der Waals surface area contributed by atoms with Crippen LogP contribution in [-0.4, -0.2) is 37.6 Å². The van der Waals surface area contributed by atoms with Crippen LogP contribution < -0.4 is 5.32 Å². The third-order valence-corrected chi connectivity index (χ3v) is 3.24. The van der Waals surface area contributed by atoms with Gasteiger partial charge in [0.15, 0.2) is 0 Å². The summed E-state index contributed by atoms with van der Waals surface area (Å²) < 4.78 is 0. The molecule has 0 radical (unpaired) electrons. The maximum Gasteiger partial charge on any atom is 0.0408 e. The van der Waals surface area contributed by atoms with Crippen LogP contribution in [0.4, 0.5) is 0 Å². The van der Waals surface area contributed by atoms with Gasteiger partial charge in [-0.1, -0.05) is 35.9 Å². The van der Waals surface area contributed by atoms with E-state index in [-0.39, 0.29) is 0 Å². The molecule has 0 unspecified atom stereocenters. The van der Waals surface area contributed by atoms with Crippen LogP contribution in [0.25, 0.3) is 0 Å². The van der Waals surface area contributed by atoms with E-state index in [1.165, 1.54) is 11.1 Å². The second-order valence-electron chi connectivity index (χ2n) is 4.58. The van der Waals surface area contributed by atoms with Gasteiger partial charge in [0.05, 0.1) is 0 Å². The third-order valence-electron chi connectivity index (χ3n) is 3.00. The summed E-state index contributed by atoms with van der Waals surface area (Å²) in [5.74, 6) is 0. The number of benzene rings is 1. The smallest absolute Gasteiger partial charge is 0.0408 e. The van der Waals surface area contributed by atoms with Gasteiger partial charge in [-0.15, -0.1) is 0 Å². The minimum atomic E-state index is 0.803. The molecule has 1 heterocycles. The van der Waals surface area contributed by atoms with Crippen molar-refractivity contribution in [2.75, 3.05) is 32.7 Å². The summed E-state index contributed by atoms with van der Waals surface area (Å²) in [4.78, 5) is 2.45. The van der Waals surface area contributed by atoms with Crippen molar-refractivity contribution in [1.29, 1.82) is 0 Å². The molecule has 0 amide bonds. The molecule has 3 heteroatoms. The lowest BCUT2D eigenvalue weighted by Crippen LogP contribution is -2.44. The molecule has 1 saturated heterocycles. The van der Waals surface area contributed by atoms with Gasteiger partial charge in [0.2, 0.25) is 0 Å². The normalized spacial score (nSPS) is 17.0. The molecule has 1 aromatic rings. The van der Waals surface area contributed by atoms with Crippen molar-refractivity contribution in [1.82, 2.24) is 10.2 Å². The van der Waals surface area contributed by atoms with Crippen LogP contribution in [0.1, 0.15) is 5.56 Å². The van der Waals surface area contributed by atoms with Gasteiger partial charge in [-0.05, 0) is 24.1 Å². The fourth-order valence-corrected chi connectivity index (χ4v) is 2.39. The van der Waals surface area contributed by atoms with E-state index in [2.05, 4.69) is 22.9 Å². The molecular weight excluding hydrogens is 232 g/mol. The van der Waals surface area contributed by atoms with Crippen LogP contribution in [0.5, 0.6) is 0 Å². The lowest BCUT2D eigenvalue weighted by molar-refractivity contribution is 0.258. The molecule has 1 fully saturated rings. The number of nitrogens with zero attached hydrogens (tertiary/aromatic N) is 1. The van der Waals surface area contributed by atoms with Crippen LogP contribution in [0.2, 0.25) is 5.02 Å². The molecule has 0 atom stereocenters. The van der Waals surface area contributed by atoms with Gasteiger partial charge in [-0.3, -0.25) is 4.90 Å². The van der Waals surface area contributed by atoms with E-state index in [0.29, 0.717) is 0 Å². The number of nitrogens with one attached hydrogen (secondary N) is 1. The SMILES string of the molecule is C=C(Cc1cccc(Cl)c1)CN1CCNCC1. The van der Waals surface area contributed by atoms with Gasteiger partial charge in [-0.25, -0.2) is 0 Å². The highest BCUT2D eigenvalue weighted by Crippen LogP contribution is 2.14. The first kappa shape index (κ1) is 12.6. The van der Waals surface area contributed by atoms with Gasteiger partial charge in [0, 0.05) is 37.7 Å². The number of hydrogen-bond donors (Lipinski definition) is 1. The second kappa shape index (κ2) is 6.20. The summed E-state index contributed by atoms with van der Waals surface area (Å²) in [6.07, 6.45) is 0.921. The Kier molecular flexibility index (Phi) is 4.60. The van der Waals surface area contributed by atoms with Gasteiger partial charge in [0.25, 0.3) is 0 Å². The zero-order valence-electron chi connectivity index (χ0n) is 10.1. The Morgan fingerprint density at radius 1 is 1.35 bits per heavy atom. The Balaban J connectivity index is 1.84. The number of hydrogen-bond acceptors (Lipinski definition) is 2. The summed E-state index contributed by atoms with van der Waals surface area (Å²) in [6.45, 7) is 9.58. The van der Waals surface area contributed by atoms with Crippen molar-refractivity contribution in [2.24, 2.45) is 0 Å². The van der Waals surface area contributed by atoms with Crippen LogP contribution in [0.3, 0.4) is 0 Å². The zero-order chi connectivity index (χ0) is 12.1. The fourth-order valence-electron chi connectivity index (χ4n) is 2.18. The monoisotopic (exact) mass is 250 g/mol. The minimum Gasteiger partial charge on any atom is -0.314 e. The molecule has 1 aliphatic heterocycles. The molecule has 0 bridgehead atoms. The lowest BCUT2D eigenvalue weighted by atomic mass is 10.1. The molecule has 0 spiro atoms.